The molecule has 1 N–H and O–H groups in total. The molecule has 0 amide bonds. The molecule has 78 valence electrons. The van der Waals surface area contributed by atoms with Gasteiger partial charge < -0.3 is 9.52 Å². The van der Waals surface area contributed by atoms with Crippen molar-refractivity contribution in [1.29, 1.82) is 0 Å². The molecule has 0 aliphatic heterocycles. The summed E-state index contributed by atoms with van der Waals surface area (Å²) in [6.07, 6.45) is 1.10. The van der Waals surface area contributed by atoms with Crippen LogP contribution in [0, 0.1) is 6.92 Å². The zero-order valence-electron chi connectivity index (χ0n) is 8.43. The molecule has 0 fully saturated rings. The lowest BCUT2D eigenvalue weighted by molar-refractivity contribution is 0.191. The number of aliphatic hydroxyl groups is 1. The van der Waals surface area contributed by atoms with E-state index in [1.165, 1.54) is 11.3 Å². The van der Waals surface area contributed by atoms with Crippen LogP contribution < -0.4 is 0 Å². The molecule has 15 heavy (non-hydrogen) atoms. The first kappa shape index (κ1) is 10.2. The predicted molar refractivity (Wildman–Crippen MR) is 61.9 cm³/mol. The van der Waals surface area contributed by atoms with Gasteiger partial charge in [0.2, 0.25) is 0 Å². The quantitative estimate of drug-likeness (QED) is 0.860. The molecular weight excluding hydrogens is 208 g/mol. The zero-order chi connectivity index (χ0) is 10.8. The summed E-state index contributed by atoms with van der Waals surface area (Å²) >= 11 is 1.52. The van der Waals surface area contributed by atoms with Crippen molar-refractivity contribution in [2.45, 2.75) is 13.0 Å². The normalized spacial score (nSPS) is 12.7. The molecule has 0 aliphatic carbocycles. The smallest absolute Gasteiger partial charge is 0.146 e. The molecule has 0 bridgehead atoms. The predicted octanol–water partition coefficient (Wildman–Crippen LogP) is 3.37. The maximum absolute atomic E-state index is 10.00. The number of thiophene rings is 1. The van der Waals surface area contributed by atoms with E-state index in [2.05, 4.69) is 6.58 Å². The lowest BCUT2D eigenvalue weighted by atomic mass is 10.2. The SMILES string of the molecule is C=Cc1ccc(C(O)c2ccc(C)o2)s1. The van der Waals surface area contributed by atoms with E-state index >= 15 is 0 Å². The van der Waals surface area contributed by atoms with E-state index in [4.69, 9.17) is 4.42 Å². The Bertz CT molecular complexity index is 467. The fourth-order valence-corrected chi connectivity index (χ4v) is 2.22. The number of aryl methyl sites for hydroxylation is 1. The number of hydrogen-bond donors (Lipinski definition) is 1. The number of rotatable bonds is 3. The molecule has 2 nitrogen and oxygen atoms in total. The first-order valence-electron chi connectivity index (χ1n) is 4.67. The highest BCUT2D eigenvalue weighted by atomic mass is 32.1. The van der Waals surface area contributed by atoms with Gasteiger partial charge in [-0.1, -0.05) is 12.7 Å². The molecule has 2 aromatic heterocycles. The summed E-state index contributed by atoms with van der Waals surface area (Å²) in [6, 6.07) is 7.48. The second kappa shape index (κ2) is 4.04. The van der Waals surface area contributed by atoms with Gasteiger partial charge in [-0.05, 0) is 31.2 Å². The van der Waals surface area contributed by atoms with E-state index in [-0.39, 0.29) is 0 Å². The molecule has 0 radical (unpaired) electrons. The van der Waals surface area contributed by atoms with Gasteiger partial charge in [0.25, 0.3) is 0 Å². The highest BCUT2D eigenvalue weighted by Gasteiger charge is 2.15. The second-order valence-corrected chi connectivity index (χ2v) is 4.44. The Labute approximate surface area is 92.5 Å². The molecule has 0 aromatic carbocycles. The molecule has 0 saturated heterocycles. The molecule has 0 aliphatic rings. The van der Waals surface area contributed by atoms with Crippen LogP contribution in [0.3, 0.4) is 0 Å². The maximum atomic E-state index is 10.00. The van der Waals surface area contributed by atoms with Crippen LogP contribution in [-0.2, 0) is 0 Å². The van der Waals surface area contributed by atoms with E-state index < -0.39 is 6.10 Å². The first-order valence-corrected chi connectivity index (χ1v) is 5.49. The number of aliphatic hydroxyl groups excluding tert-OH is 1. The van der Waals surface area contributed by atoms with Crippen molar-refractivity contribution in [3.05, 3.63) is 52.1 Å². The Kier molecular flexibility index (Phi) is 2.75. The molecule has 0 saturated carbocycles. The van der Waals surface area contributed by atoms with Crippen LogP contribution in [0.4, 0.5) is 0 Å². The molecule has 1 atom stereocenters. The van der Waals surface area contributed by atoms with Gasteiger partial charge in [0, 0.05) is 9.75 Å². The summed E-state index contributed by atoms with van der Waals surface area (Å²) in [4.78, 5) is 1.92. The molecule has 0 spiro atoms. The van der Waals surface area contributed by atoms with Crippen molar-refractivity contribution in [2.24, 2.45) is 0 Å². The Morgan fingerprint density at radius 2 is 2.20 bits per heavy atom. The van der Waals surface area contributed by atoms with Crippen LogP contribution in [0.1, 0.15) is 27.4 Å². The zero-order valence-corrected chi connectivity index (χ0v) is 9.25. The van der Waals surface area contributed by atoms with Gasteiger partial charge in [-0.2, -0.15) is 0 Å². The van der Waals surface area contributed by atoms with Gasteiger partial charge in [-0.25, -0.2) is 0 Å². The van der Waals surface area contributed by atoms with Gasteiger partial charge in [-0.3, -0.25) is 0 Å². The van der Waals surface area contributed by atoms with Gasteiger partial charge >= 0.3 is 0 Å². The van der Waals surface area contributed by atoms with Crippen LogP contribution in [0.25, 0.3) is 6.08 Å². The minimum atomic E-state index is -0.669. The summed E-state index contributed by atoms with van der Waals surface area (Å²) in [7, 11) is 0. The van der Waals surface area contributed by atoms with Crippen LogP contribution >= 0.6 is 11.3 Å². The van der Waals surface area contributed by atoms with Crippen molar-refractivity contribution < 1.29 is 9.52 Å². The van der Waals surface area contributed by atoms with Gasteiger partial charge in [0.15, 0.2) is 0 Å². The van der Waals surface area contributed by atoms with Crippen LogP contribution in [0.2, 0.25) is 0 Å². The lowest BCUT2D eigenvalue weighted by Crippen LogP contribution is -1.93. The number of hydrogen-bond acceptors (Lipinski definition) is 3. The highest BCUT2D eigenvalue weighted by molar-refractivity contribution is 7.13. The molecule has 1 unspecified atom stereocenters. The molecule has 2 aromatic rings. The molecule has 3 heteroatoms. The van der Waals surface area contributed by atoms with E-state index in [1.807, 2.05) is 25.1 Å². The monoisotopic (exact) mass is 220 g/mol. The van der Waals surface area contributed by atoms with E-state index in [1.54, 1.807) is 12.1 Å². The summed E-state index contributed by atoms with van der Waals surface area (Å²) in [6.45, 7) is 5.55. The number of furan rings is 1. The van der Waals surface area contributed by atoms with E-state index in [0.29, 0.717) is 5.76 Å². The van der Waals surface area contributed by atoms with Crippen molar-refractivity contribution in [3.63, 3.8) is 0 Å². The van der Waals surface area contributed by atoms with Crippen LogP contribution in [0.5, 0.6) is 0 Å². The summed E-state index contributed by atoms with van der Waals surface area (Å²) < 4.78 is 5.37. The van der Waals surface area contributed by atoms with Crippen LogP contribution in [-0.4, -0.2) is 5.11 Å². The summed E-state index contributed by atoms with van der Waals surface area (Å²) in [5.74, 6) is 1.40. The third-order valence-corrected chi connectivity index (χ3v) is 3.28. The average Bonchev–Trinajstić information content (AvgIpc) is 2.84. The summed E-state index contributed by atoms with van der Waals surface area (Å²) in [5, 5.41) is 10.00. The van der Waals surface area contributed by atoms with Gasteiger partial charge in [0.05, 0.1) is 0 Å². The lowest BCUT2D eigenvalue weighted by Gasteiger charge is -2.03. The Hall–Kier alpha value is -1.32. The van der Waals surface area contributed by atoms with Gasteiger partial charge in [-0.15, -0.1) is 11.3 Å². The highest BCUT2D eigenvalue weighted by Crippen LogP contribution is 2.29. The van der Waals surface area contributed by atoms with E-state index in [0.717, 1.165) is 15.5 Å². The Balaban J connectivity index is 2.27. The molecule has 2 heterocycles. The fraction of sp³-hybridized carbons (Fsp3) is 0.167. The largest absolute Gasteiger partial charge is 0.463 e. The average molecular weight is 220 g/mol. The summed E-state index contributed by atoms with van der Waals surface area (Å²) in [5.41, 5.74) is 0. The maximum Gasteiger partial charge on any atom is 0.146 e. The second-order valence-electron chi connectivity index (χ2n) is 3.30. The molecular formula is C12H12O2S. The minimum absolute atomic E-state index is 0.588. The first-order chi connectivity index (χ1) is 7.20. The standard InChI is InChI=1S/C12H12O2S/c1-3-9-5-7-11(15-9)12(13)10-6-4-8(2)14-10/h3-7,12-13H,1H2,2H3. The van der Waals surface area contributed by atoms with Crippen molar-refractivity contribution in [3.8, 4) is 0 Å². The van der Waals surface area contributed by atoms with Gasteiger partial charge in [0.1, 0.15) is 17.6 Å². The third-order valence-electron chi connectivity index (χ3n) is 2.15. The molecule has 2 rings (SSSR count). The topological polar surface area (TPSA) is 33.4 Å². The Morgan fingerprint density at radius 1 is 1.40 bits per heavy atom. The van der Waals surface area contributed by atoms with Crippen molar-refractivity contribution >= 4 is 17.4 Å². The van der Waals surface area contributed by atoms with Crippen LogP contribution in [0.15, 0.2) is 35.3 Å². The van der Waals surface area contributed by atoms with Crippen molar-refractivity contribution in [1.82, 2.24) is 0 Å². The van der Waals surface area contributed by atoms with E-state index in [9.17, 15) is 5.11 Å². The van der Waals surface area contributed by atoms with Crippen molar-refractivity contribution in [2.75, 3.05) is 0 Å². The minimum Gasteiger partial charge on any atom is -0.463 e. The third kappa shape index (κ3) is 2.03. The Morgan fingerprint density at radius 3 is 2.73 bits per heavy atom. The fourth-order valence-electron chi connectivity index (χ4n) is 1.37.